The molecule has 0 unspecified atom stereocenters. The van der Waals surface area contributed by atoms with Crippen LogP contribution in [0.4, 0.5) is 13.2 Å². The Balaban J connectivity index is 1.80. The first-order valence-electron chi connectivity index (χ1n) is 10.6. The van der Waals surface area contributed by atoms with Crippen LogP contribution in [0.2, 0.25) is 10.0 Å². The molecule has 0 amide bonds. The molecule has 4 rings (SSSR count). The largest absolute Gasteiger partial charge is 0.479 e. The number of benzene rings is 2. The number of aromatic nitrogens is 2. The van der Waals surface area contributed by atoms with Crippen molar-refractivity contribution in [2.24, 2.45) is 0 Å². The summed E-state index contributed by atoms with van der Waals surface area (Å²) in [5, 5.41) is 10.2. The van der Waals surface area contributed by atoms with Gasteiger partial charge in [-0.05, 0) is 67.9 Å². The summed E-state index contributed by atoms with van der Waals surface area (Å²) in [6.45, 7) is 3.16. The molecule has 0 aliphatic heterocycles. The maximum Gasteiger partial charge on any atom is 0.433 e. The second-order valence-electron chi connectivity index (χ2n) is 7.99. The summed E-state index contributed by atoms with van der Waals surface area (Å²) in [4.78, 5) is 15.1. The first kappa shape index (κ1) is 25.7. The van der Waals surface area contributed by atoms with Crippen molar-refractivity contribution in [1.82, 2.24) is 9.55 Å². The lowest BCUT2D eigenvalue weighted by molar-refractivity contribution is -0.144. The van der Waals surface area contributed by atoms with Gasteiger partial charge in [-0.2, -0.15) is 13.2 Å². The van der Waals surface area contributed by atoms with Gasteiger partial charge in [-0.1, -0.05) is 29.3 Å². The highest BCUT2D eigenvalue weighted by Crippen LogP contribution is 2.38. The van der Waals surface area contributed by atoms with Gasteiger partial charge in [0.1, 0.15) is 22.8 Å². The lowest BCUT2D eigenvalue weighted by Gasteiger charge is -2.14. The molecule has 0 aliphatic carbocycles. The van der Waals surface area contributed by atoms with E-state index in [1.165, 1.54) is 19.1 Å². The smallest absolute Gasteiger partial charge is 0.433 e. The van der Waals surface area contributed by atoms with Crippen LogP contribution in [0.25, 0.3) is 11.0 Å². The third kappa shape index (κ3) is 5.37. The van der Waals surface area contributed by atoms with E-state index in [9.17, 15) is 18.0 Å². The van der Waals surface area contributed by atoms with Gasteiger partial charge in [0.2, 0.25) is 0 Å². The van der Waals surface area contributed by atoms with Gasteiger partial charge in [-0.15, -0.1) is 0 Å². The molecule has 1 atom stereocenters. The molecule has 2 heterocycles. The normalized spacial score (nSPS) is 12.5. The maximum atomic E-state index is 13.5. The van der Waals surface area contributed by atoms with Gasteiger partial charge in [0.15, 0.2) is 11.9 Å². The molecule has 0 spiro atoms. The van der Waals surface area contributed by atoms with Crippen LogP contribution in [0.1, 0.15) is 23.9 Å². The van der Waals surface area contributed by atoms with Gasteiger partial charge in [0, 0.05) is 11.6 Å². The summed E-state index contributed by atoms with van der Waals surface area (Å²) in [6, 6.07) is 13.5. The van der Waals surface area contributed by atoms with Crippen molar-refractivity contribution in [2.75, 3.05) is 0 Å². The summed E-state index contributed by atoms with van der Waals surface area (Å²) >= 11 is 12.1. The number of halogens is 5. The number of fused-ring (bicyclic) bond motifs is 1. The molecule has 6 nitrogen and oxygen atoms in total. The number of carbonyl (C=O) groups is 1. The first-order chi connectivity index (χ1) is 16.9. The van der Waals surface area contributed by atoms with Crippen LogP contribution in [-0.4, -0.2) is 26.7 Å². The van der Waals surface area contributed by atoms with Crippen molar-refractivity contribution >= 4 is 40.2 Å². The van der Waals surface area contributed by atoms with E-state index in [4.69, 9.17) is 37.8 Å². The quantitative estimate of drug-likeness (QED) is 0.266. The summed E-state index contributed by atoms with van der Waals surface area (Å²) in [6.07, 6.45) is -5.79. The Morgan fingerprint density at radius 1 is 1.11 bits per heavy atom. The molecular formula is C25H19Cl2F3N2O4. The minimum atomic E-state index is -4.64. The van der Waals surface area contributed by atoms with Gasteiger partial charge in [0.25, 0.3) is 0 Å². The fraction of sp³-hybridized carbons (Fsp3) is 0.200. The lowest BCUT2D eigenvalue weighted by atomic mass is 10.2. The Bertz CT molecular complexity index is 1440. The van der Waals surface area contributed by atoms with Crippen LogP contribution in [0.15, 0.2) is 54.6 Å². The van der Waals surface area contributed by atoms with E-state index in [1.807, 2.05) is 0 Å². The fourth-order valence-electron chi connectivity index (χ4n) is 3.57. The molecule has 2 aromatic heterocycles. The van der Waals surface area contributed by atoms with Crippen LogP contribution in [-0.2, 0) is 17.5 Å². The molecule has 2 aromatic carbocycles. The molecule has 0 saturated carbocycles. The molecule has 4 aromatic rings. The van der Waals surface area contributed by atoms with Crippen LogP contribution >= 0.6 is 23.2 Å². The zero-order valence-electron chi connectivity index (χ0n) is 18.9. The predicted octanol–water partition coefficient (Wildman–Crippen LogP) is 7.36. The van der Waals surface area contributed by atoms with Crippen LogP contribution in [0.3, 0.4) is 0 Å². The molecule has 0 aliphatic rings. The number of ether oxygens (including phenoxy) is 2. The molecule has 0 saturated heterocycles. The topological polar surface area (TPSA) is 73.6 Å². The van der Waals surface area contributed by atoms with E-state index < -0.39 is 23.9 Å². The zero-order chi connectivity index (χ0) is 26.2. The van der Waals surface area contributed by atoms with E-state index in [0.717, 1.165) is 6.07 Å². The van der Waals surface area contributed by atoms with Crippen molar-refractivity contribution in [3.05, 3.63) is 81.6 Å². The number of pyridine rings is 1. The highest BCUT2D eigenvalue weighted by molar-refractivity contribution is 6.32. The van der Waals surface area contributed by atoms with Crippen LogP contribution in [0.5, 0.6) is 17.2 Å². The summed E-state index contributed by atoms with van der Waals surface area (Å²) < 4.78 is 53.4. The van der Waals surface area contributed by atoms with E-state index in [0.29, 0.717) is 33.2 Å². The average Bonchev–Trinajstić information content (AvgIpc) is 3.07. The number of hydrogen-bond acceptors (Lipinski definition) is 4. The standard InChI is InChI=1S/C25H19Cl2F3N2O4/c1-13-22(36-17-6-4-16(26)5-7-17)18-8-10-21(25(28,29)30)31-23(18)32(13)12-15-3-9-19(27)20(11-15)35-14(2)24(33)34/h3-11,14H,12H2,1-2H3,(H,33,34)/t14-/m1/s1. The Morgan fingerprint density at radius 2 is 1.81 bits per heavy atom. The van der Waals surface area contributed by atoms with Crippen molar-refractivity contribution in [1.29, 1.82) is 0 Å². The maximum absolute atomic E-state index is 13.5. The monoisotopic (exact) mass is 538 g/mol. The number of alkyl halides is 3. The highest BCUT2D eigenvalue weighted by Gasteiger charge is 2.33. The van der Waals surface area contributed by atoms with Crippen molar-refractivity contribution in [3.63, 3.8) is 0 Å². The molecule has 0 radical (unpaired) electrons. The van der Waals surface area contributed by atoms with Crippen molar-refractivity contribution in [3.8, 4) is 17.2 Å². The molecule has 0 bridgehead atoms. The lowest BCUT2D eigenvalue weighted by Crippen LogP contribution is -2.23. The van der Waals surface area contributed by atoms with Crippen molar-refractivity contribution in [2.45, 2.75) is 32.7 Å². The van der Waals surface area contributed by atoms with E-state index in [-0.39, 0.29) is 23.0 Å². The number of aliphatic carboxylic acids is 1. The van der Waals surface area contributed by atoms with Crippen molar-refractivity contribution < 1.29 is 32.5 Å². The average molecular weight is 539 g/mol. The number of hydrogen-bond donors (Lipinski definition) is 1. The Kier molecular flexibility index (Phi) is 7.06. The number of carboxylic acids is 1. The fourth-order valence-corrected chi connectivity index (χ4v) is 3.86. The summed E-state index contributed by atoms with van der Waals surface area (Å²) in [5.41, 5.74) is 0.164. The van der Waals surface area contributed by atoms with Gasteiger partial charge in [-0.3, -0.25) is 0 Å². The van der Waals surface area contributed by atoms with Gasteiger partial charge in [0.05, 0.1) is 16.1 Å². The molecule has 11 heteroatoms. The summed E-state index contributed by atoms with van der Waals surface area (Å²) in [7, 11) is 0. The van der Waals surface area contributed by atoms with E-state index >= 15 is 0 Å². The highest BCUT2D eigenvalue weighted by atomic mass is 35.5. The van der Waals surface area contributed by atoms with E-state index in [2.05, 4.69) is 4.98 Å². The van der Waals surface area contributed by atoms with Gasteiger partial charge in [-0.25, -0.2) is 9.78 Å². The third-order valence-corrected chi connectivity index (χ3v) is 5.98. The Morgan fingerprint density at radius 3 is 2.44 bits per heavy atom. The Labute approximate surface area is 213 Å². The third-order valence-electron chi connectivity index (χ3n) is 5.42. The molecular weight excluding hydrogens is 520 g/mol. The van der Waals surface area contributed by atoms with Crippen LogP contribution in [0, 0.1) is 6.92 Å². The SMILES string of the molecule is Cc1c(Oc2ccc(Cl)cc2)c2ccc(C(F)(F)F)nc2n1Cc1ccc(Cl)c(O[C@H](C)C(=O)O)c1. The molecule has 188 valence electrons. The second kappa shape index (κ2) is 9.91. The number of carboxylic acid groups (broad SMARTS) is 1. The van der Waals surface area contributed by atoms with Gasteiger partial charge < -0.3 is 19.1 Å². The summed E-state index contributed by atoms with van der Waals surface area (Å²) in [5.74, 6) is -0.235. The Hall–Kier alpha value is -3.43. The molecule has 36 heavy (non-hydrogen) atoms. The number of rotatable bonds is 7. The minimum Gasteiger partial charge on any atom is -0.479 e. The number of nitrogens with zero attached hydrogens (tertiary/aromatic N) is 2. The predicted molar refractivity (Wildman–Crippen MR) is 129 cm³/mol. The zero-order valence-corrected chi connectivity index (χ0v) is 20.4. The second-order valence-corrected chi connectivity index (χ2v) is 8.83. The minimum absolute atomic E-state index is 0.0719. The van der Waals surface area contributed by atoms with E-state index in [1.54, 1.807) is 47.9 Å². The molecule has 0 fully saturated rings. The van der Waals surface area contributed by atoms with Crippen LogP contribution < -0.4 is 9.47 Å². The van der Waals surface area contributed by atoms with Gasteiger partial charge >= 0.3 is 12.1 Å². The first-order valence-corrected chi connectivity index (χ1v) is 11.4. The molecule has 1 N–H and O–H groups in total.